The molecule has 0 aliphatic carbocycles. The van der Waals surface area contributed by atoms with E-state index in [1.807, 2.05) is 6.07 Å². The number of benzene rings is 1. The lowest BCUT2D eigenvalue weighted by Crippen LogP contribution is -3.11. The highest BCUT2D eigenvalue weighted by atomic mass is 32.2. The molecule has 4 amide bonds. The molecule has 1 aromatic rings. The summed E-state index contributed by atoms with van der Waals surface area (Å²) in [4.78, 5) is 32.7. The average Bonchev–Trinajstić information content (AvgIpc) is 3.61. The van der Waals surface area contributed by atoms with E-state index in [4.69, 9.17) is 18.9 Å². The zero-order valence-corrected chi connectivity index (χ0v) is 40.6. The third kappa shape index (κ3) is 19.2. The molecule has 0 bridgehead atoms. The Bertz CT molecular complexity index is 1510. The fourth-order valence-electron chi connectivity index (χ4n) is 4.95. The van der Waals surface area contributed by atoms with Crippen LogP contribution in [0.5, 0.6) is 0 Å². The zero-order valence-electron chi connectivity index (χ0n) is 38.7. The summed E-state index contributed by atoms with van der Waals surface area (Å²) in [7, 11) is -1.64. The Balaban J connectivity index is -0.000000778. The van der Waals surface area contributed by atoms with Crippen molar-refractivity contribution in [2.45, 2.75) is 103 Å². The smallest absolute Gasteiger partial charge is 0.498 e. The standard InChI is InChI=1S/C12H22N4O6.C9H12.C6H15N.C4HF9O3S.C4H10.C2H6O2Si/c1-19-5-13-9-10(15(7-21-3)11(13)17)16(8-22-4)12(18)14(9)6-20-2;1-8(2)9-6-4-3-5-7-9;1-4-7(5-2)6-3;5-1(6,3(9,10)11)2(7,8)4(12,13)17(14,15)16;1-4(2)3;1-4-5(2)3/h9-10H,5-8H2,1-4H3;3-8H,1-2H3;4-6H2,1-3H3;(H,14,15,16);4H,1-3H3;1-2H3. The number of amides is 4. The van der Waals surface area contributed by atoms with E-state index >= 15 is 0 Å². The molecule has 0 saturated carbocycles. The van der Waals surface area contributed by atoms with Crippen LogP contribution in [0.25, 0.3) is 0 Å². The SMILES string of the molecule is CC(C)C.CC(C)c1ccccc1.CC[NH+](CC)CC.COCN1C(=O)N(COC)C2C1N(COC)C(=O)N2COC.CO[Si](C)=O.O=S(=O)([O-])C(F)(F)C(F)(F)C(F)(F)C(F)(F)F. The van der Waals surface area contributed by atoms with Crippen molar-refractivity contribution in [2.24, 2.45) is 5.92 Å². The molecule has 2 heterocycles. The Morgan fingerprint density at radius 1 is 0.656 bits per heavy atom. The van der Waals surface area contributed by atoms with E-state index in [9.17, 15) is 66.5 Å². The van der Waals surface area contributed by atoms with Crippen LogP contribution in [0.1, 0.15) is 66.9 Å². The summed E-state index contributed by atoms with van der Waals surface area (Å²) < 4.78 is 170. The Morgan fingerprint density at radius 3 is 1.09 bits per heavy atom. The molecule has 0 atom stereocenters. The largest absolute Gasteiger partial charge is 0.743 e. The minimum atomic E-state index is -7.43. The second-order valence-corrected chi connectivity index (χ2v) is 17.2. The van der Waals surface area contributed by atoms with E-state index < -0.39 is 54.7 Å². The Morgan fingerprint density at radius 2 is 0.938 bits per heavy atom. The molecule has 3 rings (SSSR count). The second kappa shape index (κ2) is 30.0. The van der Waals surface area contributed by atoms with Crippen LogP contribution >= 0.6 is 0 Å². The number of carbonyl (C=O) groups excluding carboxylic acids is 2. The maximum absolute atomic E-state index is 12.6. The van der Waals surface area contributed by atoms with Crippen molar-refractivity contribution < 1.29 is 94.8 Å². The number of nitrogens with one attached hydrogen (secondary N) is 1. The quantitative estimate of drug-likeness (QED) is 0.116. The molecule has 2 saturated heterocycles. The lowest BCUT2D eigenvalue weighted by atomic mass is 10.0. The van der Waals surface area contributed by atoms with Crippen LogP contribution in [0.15, 0.2) is 30.3 Å². The number of halogens is 9. The summed E-state index contributed by atoms with van der Waals surface area (Å²) >= 11 is 0. The van der Waals surface area contributed by atoms with Crippen molar-refractivity contribution in [2.75, 3.05) is 82.1 Å². The molecule has 2 fully saturated rings. The third-order valence-electron chi connectivity index (χ3n) is 8.28. The number of fused-ring (bicyclic) bond motifs is 1. The van der Waals surface area contributed by atoms with E-state index in [0.717, 1.165) is 5.92 Å². The van der Waals surface area contributed by atoms with Crippen molar-refractivity contribution in [3.63, 3.8) is 0 Å². The molecule has 2 aliphatic rings. The molecular formula is C37H66F9N5O11SSi. The van der Waals surface area contributed by atoms with Crippen LogP contribution in [0.4, 0.5) is 49.1 Å². The molecule has 1 N–H and O–H groups in total. The van der Waals surface area contributed by atoms with Gasteiger partial charge in [-0.05, 0) is 38.2 Å². The Labute approximate surface area is 372 Å². The first-order valence-corrected chi connectivity index (χ1v) is 22.7. The van der Waals surface area contributed by atoms with Crippen LogP contribution in [0, 0.1) is 5.92 Å². The van der Waals surface area contributed by atoms with Gasteiger partial charge in [-0.2, -0.15) is 39.5 Å². The minimum Gasteiger partial charge on any atom is -0.743 e. The van der Waals surface area contributed by atoms with Crippen LogP contribution < -0.4 is 4.90 Å². The van der Waals surface area contributed by atoms with Crippen molar-refractivity contribution in [1.29, 1.82) is 0 Å². The highest BCUT2D eigenvalue weighted by Crippen LogP contribution is 2.54. The first kappa shape index (κ1) is 64.9. The molecule has 0 unspecified atom stereocenters. The fraction of sp³-hybridized carbons (Fsp3) is 0.784. The van der Waals surface area contributed by atoms with E-state index in [-0.39, 0.29) is 39.0 Å². The van der Waals surface area contributed by atoms with Crippen LogP contribution in [0.3, 0.4) is 0 Å². The maximum Gasteiger partial charge on any atom is 0.498 e. The van der Waals surface area contributed by atoms with Crippen molar-refractivity contribution in [3.05, 3.63) is 35.9 Å². The van der Waals surface area contributed by atoms with Gasteiger partial charge in [-0.25, -0.2) is 18.0 Å². The Kier molecular flexibility index (Phi) is 30.5. The number of nitrogens with zero attached hydrogens (tertiary/aromatic N) is 4. The number of carbonyl (C=O) groups is 2. The van der Waals surface area contributed by atoms with E-state index in [1.54, 1.807) is 11.4 Å². The predicted molar refractivity (Wildman–Crippen MR) is 217 cm³/mol. The molecule has 1 aromatic carbocycles. The molecule has 2 aliphatic heterocycles. The van der Waals surface area contributed by atoms with Gasteiger partial charge >= 0.3 is 44.3 Å². The zero-order chi connectivity index (χ0) is 51.0. The number of ether oxygens (including phenoxy) is 4. The van der Waals surface area contributed by atoms with Crippen LogP contribution in [-0.2, 0) is 38.0 Å². The van der Waals surface area contributed by atoms with Crippen LogP contribution in [0.2, 0.25) is 6.55 Å². The number of urea groups is 2. The average molecular weight is 988 g/mol. The van der Waals surface area contributed by atoms with Gasteiger partial charge in [-0.15, -0.1) is 0 Å². The topological polar surface area (TPSA) is 172 Å². The number of alkyl halides is 9. The normalized spacial score (nSPS) is 16.4. The van der Waals surface area contributed by atoms with Gasteiger partial charge in [0.2, 0.25) is 0 Å². The second-order valence-electron chi connectivity index (χ2n) is 14.4. The number of rotatable bonds is 16. The van der Waals surface area contributed by atoms with Gasteiger partial charge in [0.1, 0.15) is 26.9 Å². The first-order chi connectivity index (χ1) is 29.3. The Hall–Kier alpha value is -3.34. The minimum absolute atomic E-state index is 0.0640. The van der Waals surface area contributed by atoms with Gasteiger partial charge in [0, 0.05) is 35.0 Å². The maximum atomic E-state index is 12.6. The summed E-state index contributed by atoms with van der Waals surface area (Å²) in [6.45, 7) is 23.2. The summed E-state index contributed by atoms with van der Waals surface area (Å²) in [6.07, 6.45) is -8.21. The molecule has 0 aromatic heterocycles. The fourth-order valence-corrected chi connectivity index (χ4v) is 5.39. The number of hydrogen-bond donors (Lipinski definition) is 1. The van der Waals surface area contributed by atoms with Crippen molar-refractivity contribution >= 4 is 31.1 Å². The molecule has 378 valence electrons. The predicted octanol–water partition coefficient (Wildman–Crippen LogP) is 6.07. The van der Waals surface area contributed by atoms with E-state index in [1.165, 1.54) is 80.3 Å². The molecule has 0 radical (unpaired) electrons. The lowest BCUT2D eigenvalue weighted by Gasteiger charge is -2.34. The van der Waals surface area contributed by atoms with Gasteiger partial charge in [0.25, 0.3) is 0 Å². The lowest BCUT2D eigenvalue weighted by molar-refractivity contribution is -0.894. The van der Waals surface area contributed by atoms with Crippen LogP contribution in [-0.4, -0.2) is 171 Å². The van der Waals surface area contributed by atoms with Crippen molar-refractivity contribution in [3.8, 4) is 0 Å². The molecule has 27 heteroatoms. The van der Waals surface area contributed by atoms with Gasteiger partial charge in [0.05, 0.1) is 26.7 Å². The summed E-state index contributed by atoms with van der Waals surface area (Å²) in [5.41, 5.74) is 1.41. The van der Waals surface area contributed by atoms with Gasteiger partial charge in [-0.1, -0.05) is 65.0 Å². The number of quaternary nitrogens is 1. The summed E-state index contributed by atoms with van der Waals surface area (Å²) in [6, 6.07) is 9.98. The summed E-state index contributed by atoms with van der Waals surface area (Å²) in [5.74, 6) is -13.3. The van der Waals surface area contributed by atoms with Gasteiger partial charge in [0.15, 0.2) is 22.4 Å². The monoisotopic (exact) mass is 987 g/mol. The number of hydrogen-bond acceptors (Lipinski definition) is 11. The number of methoxy groups -OCH3 is 4. The highest BCUT2D eigenvalue weighted by Gasteiger charge is 2.83. The van der Waals surface area contributed by atoms with Gasteiger partial charge in [-0.3, -0.25) is 19.6 Å². The van der Waals surface area contributed by atoms with Crippen molar-refractivity contribution in [1.82, 2.24) is 19.6 Å². The van der Waals surface area contributed by atoms with E-state index in [0.29, 0.717) is 5.92 Å². The molecule has 16 nitrogen and oxygen atoms in total. The van der Waals surface area contributed by atoms with E-state index in [2.05, 4.69) is 84.1 Å². The summed E-state index contributed by atoms with van der Waals surface area (Å²) in [5, 5.41) is -7.11. The first-order valence-electron chi connectivity index (χ1n) is 19.5. The third-order valence-corrected chi connectivity index (χ3v) is 9.74. The molecule has 64 heavy (non-hydrogen) atoms. The molecular weight excluding hydrogens is 922 g/mol. The molecule has 0 spiro atoms. The van der Waals surface area contributed by atoms with Gasteiger partial charge < -0.3 is 37.3 Å². The highest BCUT2D eigenvalue weighted by molar-refractivity contribution is 7.86.